The highest BCUT2D eigenvalue weighted by Gasteiger charge is 2.78. The van der Waals surface area contributed by atoms with Crippen molar-refractivity contribution in [3.63, 3.8) is 0 Å². The summed E-state index contributed by atoms with van der Waals surface area (Å²) in [6.45, 7) is 7.29. The Morgan fingerprint density at radius 1 is 1.07 bits per heavy atom. The molecule has 0 saturated heterocycles. The predicted molar refractivity (Wildman–Crippen MR) is 67.1 cm³/mol. The van der Waals surface area contributed by atoms with Crippen molar-refractivity contribution in [3.8, 4) is 0 Å². The summed E-state index contributed by atoms with van der Waals surface area (Å²) < 4.78 is -0.377. The number of hydrogen-bond donors (Lipinski definition) is 0. The van der Waals surface area contributed by atoms with Gasteiger partial charge in [0.25, 0.3) is 0 Å². The fourth-order valence-electron chi connectivity index (χ4n) is 3.63. The van der Waals surface area contributed by atoms with Gasteiger partial charge in [-0.25, -0.2) is 0 Å². The first-order valence-corrected chi connectivity index (χ1v) is 9.97. The molecule has 2 aliphatic carbocycles. The van der Waals surface area contributed by atoms with E-state index in [1.807, 2.05) is 0 Å². The zero-order valence-corrected chi connectivity index (χ0v) is 11.9. The maximum atomic E-state index is 6.53. The number of rotatable bonds is 1. The molecule has 2 saturated carbocycles. The second-order valence-electron chi connectivity index (χ2n) is 6.00. The SMILES string of the molecule is C[Si](C)(C)[C@@]12CCCCC[C@@H]1C2(Cl)Cl. The van der Waals surface area contributed by atoms with Crippen molar-refractivity contribution in [2.45, 2.75) is 61.1 Å². The van der Waals surface area contributed by atoms with Crippen molar-refractivity contribution in [2.75, 3.05) is 0 Å². The van der Waals surface area contributed by atoms with E-state index in [0.717, 1.165) is 0 Å². The Labute approximate surface area is 98.4 Å². The zero-order valence-electron chi connectivity index (χ0n) is 9.37. The van der Waals surface area contributed by atoms with Crippen molar-refractivity contribution < 1.29 is 0 Å². The highest BCUT2D eigenvalue weighted by molar-refractivity contribution is 6.84. The van der Waals surface area contributed by atoms with Crippen molar-refractivity contribution >= 4 is 31.3 Å². The molecule has 2 aliphatic rings. The third-order valence-corrected chi connectivity index (χ3v) is 9.63. The molecule has 3 heteroatoms. The summed E-state index contributed by atoms with van der Waals surface area (Å²) in [6.07, 6.45) is 6.59. The maximum absolute atomic E-state index is 6.53. The Balaban J connectivity index is 2.31. The Kier molecular flexibility index (Phi) is 2.54. The molecule has 0 spiro atoms. The van der Waals surface area contributed by atoms with Crippen LogP contribution in [0.15, 0.2) is 0 Å². The van der Waals surface area contributed by atoms with Crippen LogP contribution in [-0.2, 0) is 0 Å². The molecule has 0 aromatic carbocycles. The van der Waals surface area contributed by atoms with E-state index in [9.17, 15) is 0 Å². The number of alkyl halides is 2. The Morgan fingerprint density at radius 3 is 2.29 bits per heavy atom. The van der Waals surface area contributed by atoms with Crippen LogP contribution >= 0.6 is 23.2 Å². The quantitative estimate of drug-likeness (QED) is 0.462. The highest BCUT2D eigenvalue weighted by Crippen LogP contribution is 2.82. The van der Waals surface area contributed by atoms with E-state index in [1.165, 1.54) is 32.1 Å². The minimum absolute atomic E-state index is 0.333. The number of hydrogen-bond acceptors (Lipinski definition) is 0. The lowest BCUT2D eigenvalue weighted by molar-refractivity contribution is 0.635. The summed E-state index contributed by atoms with van der Waals surface area (Å²) in [5.41, 5.74) is 0. The number of halogens is 2. The molecule has 2 fully saturated rings. The molecule has 0 radical (unpaired) electrons. The molecule has 82 valence electrons. The van der Waals surface area contributed by atoms with Gasteiger partial charge in [0.05, 0.1) is 8.07 Å². The topological polar surface area (TPSA) is 0 Å². The average molecular weight is 251 g/mol. The summed E-state index contributed by atoms with van der Waals surface area (Å²) in [5, 5.41) is 0.333. The van der Waals surface area contributed by atoms with E-state index in [1.54, 1.807) is 0 Å². The lowest BCUT2D eigenvalue weighted by Gasteiger charge is -2.31. The monoisotopic (exact) mass is 250 g/mol. The Hall–Kier alpha value is 0.797. The van der Waals surface area contributed by atoms with Crippen LogP contribution < -0.4 is 0 Å². The summed E-state index contributed by atoms with van der Waals surface area (Å²) in [6, 6.07) is 0. The predicted octanol–water partition coefficient (Wildman–Crippen LogP) is 4.83. The third kappa shape index (κ3) is 1.25. The van der Waals surface area contributed by atoms with Crippen molar-refractivity contribution in [2.24, 2.45) is 5.92 Å². The molecule has 2 rings (SSSR count). The van der Waals surface area contributed by atoms with Gasteiger partial charge in [-0.05, 0) is 18.8 Å². The van der Waals surface area contributed by atoms with E-state index in [-0.39, 0.29) is 4.33 Å². The van der Waals surface area contributed by atoms with Crippen LogP contribution in [0.2, 0.25) is 24.7 Å². The molecule has 0 bridgehead atoms. The van der Waals surface area contributed by atoms with Crippen LogP contribution in [0.5, 0.6) is 0 Å². The summed E-state index contributed by atoms with van der Waals surface area (Å²) in [4.78, 5) is 0. The fourth-order valence-corrected chi connectivity index (χ4v) is 9.88. The molecule has 2 atom stereocenters. The Bertz CT molecular complexity index is 244. The Morgan fingerprint density at radius 2 is 1.71 bits per heavy atom. The van der Waals surface area contributed by atoms with Gasteiger partial charge in [0, 0.05) is 5.04 Å². The lowest BCUT2D eigenvalue weighted by Crippen LogP contribution is -2.33. The van der Waals surface area contributed by atoms with Gasteiger partial charge in [-0.3, -0.25) is 0 Å². The second kappa shape index (κ2) is 3.15. The first-order valence-electron chi connectivity index (χ1n) is 5.72. The van der Waals surface area contributed by atoms with Gasteiger partial charge in [0.2, 0.25) is 0 Å². The van der Waals surface area contributed by atoms with Gasteiger partial charge >= 0.3 is 0 Å². The molecular weight excluding hydrogens is 231 g/mol. The largest absolute Gasteiger partial charge is 0.125 e. The summed E-state index contributed by atoms with van der Waals surface area (Å²) in [5.74, 6) is 0.604. The van der Waals surface area contributed by atoms with Crippen LogP contribution in [0.25, 0.3) is 0 Å². The van der Waals surface area contributed by atoms with Gasteiger partial charge in [-0.15, -0.1) is 23.2 Å². The highest BCUT2D eigenvalue weighted by atomic mass is 35.5. The molecule has 0 aliphatic heterocycles. The third-order valence-electron chi connectivity index (χ3n) is 4.45. The molecule has 0 aromatic heterocycles. The smallest absolute Gasteiger partial charge is 0.101 e. The van der Waals surface area contributed by atoms with E-state index in [2.05, 4.69) is 19.6 Å². The normalized spacial score (nSPS) is 41.4. The van der Waals surface area contributed by atoms with Crippen LogP contribution in [0.3, 0.4) is 0 Å². The molecule has 0 amide bonds. The zero-order chi connectivity index (χ0) is 10.6. The molecule has 0 heterocycles. The first kappa shape index (κ1) is 11.3. The van der Waals surface area contributed by atoms with Crippen LogP contribution in [-0.4, -0.2) is 12.4 Å². The molecular formula is C11H20Cl2Si. The fraction of sp³-hybridized carbons (Fsp3) is 1.00. The minimum Gasteiger partial charge on any atom is -0.101 e. The molecule has 0 unspecified atom stereocenters. The van der Waals surface area contributed by atoms with E-state index < -0.39 is 8.07 Å². The first-order chi connectivity index (χ1) is 6.34. The average Bonchev–Trinajstić information content (AvgIpc) is 2.59. The molecule has 0 aromatic rings. The molecule has 0 nitrogen and oxygen atoms in total. The lowest BCUT2D eigenvalue weighted by atomic mass is 10.2. The van der Waals surface area contributed by atoms with E-state index in [0.29, 0.717) is 11.0 Å². The van der Waals surface area contributed by atoms with Gasteiger partial charge in [0.1, 0.15) is 4.33 Å². The van der Waals surface area contributed by atoms with Gasteiger partial charge in [-0.2, -0.15) is 0 Å². The molecule has 0 N–H and O–H groups in total. The van der Waals surface area contributed by atoms with Crippen molar-refractivity contribution in [3.05, 3.63) is 0 Å². The maximum Gasteiger partial charge on any atom is 0.125 e. The van der Waals surface area contributed by atoms with E-state index in [4.69, 9.17) is 23.2 Å². The van der Waals surface area contributed by atoms with E-state index >= 15 is 0 Å². The van der Waals surface area contributed by atoms with Crippen LogP contribution in [0.1, 0.15) is 32.1 Å². The summed E-state index contributed by atoms with van der Waals surface area (Å²) >= 11 is 13.1. The second-order valence-corrected chi connectivity index (χ2v) is 12.8. The van der Waals surface area contributed by atoms with Crippen LogP contribution in [0.4, 0.5) is 0 Å². The van der Waals surface area contributed by atoms with Crippen molar-refractivity contribution in [1.82, 2.24) is 0 Å². The minimum atomic E-state index is -1.24. The number of fused-ring (bicyclic) bond motifs is 1. The standard InChI is InChI=1S/C11H20Cl2Si/c1-14(2,3)10-8-6-4-5-7-9(10)11(10,12)13/h9H,4-8H2,1-3H3/t9-,10-/m0/s1. The summed E-state index contributed by atoms with van der Waals surface area (Å²) in [7, 11) is -1.24. The van der Waals surface area contributed by atoms with Gasteiger partial charge < -0.3 is 0 Å². The van der Waals surface area contributed by atoms with Crippen LogP contribution in [0, 0.1) is 5.92 Å². The van der Waals surface area contributed by atoms with Crippen molar-refractivity contribution in [1.29, 1.82) is 0 Å². The van der Waals surface area contributed by atoms with Gasteiger partial charge in [0.15, 0.2) is 0 Å². The van der Waals surface area contributed by atoms with Gasteiger partial charge in [-0.1, -0.05) is 38.9 Å². The molecule has 14 heavy (non-hydrogen) atoms.